The van der Waals surface area contributed by atoms with Crippen molar-refractivity contribution in [2.45, 2.75) is 0 Å². The third-order valence-electron chi connectivity index (χ3n) is 7.56. The molecule has 0 aliphatic rings. The maximum atomic E-state index is 6.88. The van der Waals surface area contributed by atoms with Gasteiger partial charge in [-0.05, 0) is 22.3 Å². The Morgan fingerprint density at radius 1 is 0.279 bits per heavy atom. The number of para-hydroxylation sites is 1. The van der Waals surface area contributed by atoms with Crippen molar-refractivity contribution in [1.29, 1.82) is 0 Å². The van der Waals surface area contributed by atoms with Crippen molar-refractivity contribution in [1.82, 2.24) is 15.0 Å². The molecule has 7 rings (SSSR count). The van der Waals surface area contributed by atoms with Gasteiger partial charge < -0.3 is 5.73 Å². The summed E-state index contributed by atoms with van der Waals surface area (Å²) < 4.78 is 0. The number of hydrogen-bond donors (Lipinski definition) is 1. The number of nitrogens with zero attached hydrogens (tertiary/aromatic N) is 3. The molecular formula is C39H28N4. The minimum atomic E-state index is 0.623. The first-order valence-corrected chi connectivity index (χ1v) is 14.3. The van der Waals surface area contributed by atoms with E-state index in [1.165, 1.54) is 0 Å². The van der Waals surface area contributed by atoms with Gasteiger partial charge in [-0.1, -0.05) is 158 Å². The van der Waals surface area contributed by atoms with Crippen LogP contribution in [0.5, 0.6) is 0 Å². The van der Waals surface area contributed by atoms with Gasteiger partial charge in [-0.25, -0.2) is 15.0 Å². The van der Waals surface area contributed by atoms with Crippen LogP contribution in [-0.2, 0) is 0 Å². The summed E-state index contributed by atoms with van der Waals surface area (Å²) in [6, 6.07) is 53.4. The standard InChI is InChI=1S/C39H28N4/c40-36-33(21-12-22-35(36)34-20-11-10-19-32(34)27-13-4-1-5-14-27)28-23-25-31(26-24-28)39-42-37(29-15-6-2-7-16-29)41-38(43-39)30-17-8-3-9-18-30/h1-26H,40H2. The molecule has 4 heteroatoms. The Kier molecular flexibility index (Phi) is 7.00. The largest absolute Gasteiger partial charge is 0.398 e. The first kappa shape index (κ1) is 26.1. The van der Waals surface area contributed by atoms with Crippen LogP contribution in [-0.4, -0.2) is 15.0 Å². The minimum absolute atomic E-state index is 0.623. The van der Waals surface area contributed by atoms with Gasteiger partial charge in [0.1, 0.15) is 0 Å². The lowest BCUT2D eigenvalue weighted by Gasteiger charge is -2.15. The molecule has 204 valence electrons. The minimum Gasteiger partial charge on any atom is -0.398 e. The van der Waals surface area contributed by atoms with E-state index in [1.807, 2.05) is 66.7 Å². The fourth-order valence-electron chi connectivity index (χ4n) is 5.38. The number of nitrogens with two attached hydrogens (primary N) is 1. The van der Waals surface area contributed by atoms with Crippen LogP contribution in [0.3, 0.4) is 0 Å². The van der Waals surface area contributed by atoms with Gasteiger partial charge in [0.15, 0.2) is 17.5 Å². The van der Waals surface area contributed by atoms with Crippen molar-refractivity contribution in [2.75, 3.05) is 5.73 Å². The molecule has 4 nitrogen and oxygen atoms in total. The molecule has 0 spiro atoms. The summed E-state index contributed by atoms with van der Waals surface area (Å²) in [5.41, 5.74) is 16.9. The van der Waals surface area contributed by atoms with Crippen molar-refractivity contribution < 1.29 is 0 Å². The lowest BCUT2D eigenvalue weighted by molar-refractivity contribution is 1.07. The van der Waals surface area contributed by atoms with Crippen LogP contribution in [0.25, 0.3) is 67.5 Å². The Labute approximate surface area is 251 Å². The van der Waals surface area contributed by atoms with Crippen molar-refractivity contribution >= 4 is 5.69 Å². The highest BCUT2D eigenvalue weighted by Crippen LogP contribution is 2.39. The summed E-state index contributed by atoms with van der Waals surface area (Å²) in [6.45, 7) is 0. The summed E-state index contributed by atoms with van der Waals surface area (Å²) in [7, 11) is 0. The molecule has 0 aliphatic heterocycles. The second kappa shape index (κ2) is 11.6. The molecule has 0 saturated heterocycles. The van der Waals surface area contributed by atoms with Gasteiger partial charge in [0.25, 0.3) is 0 Å². The van der Waals surface area contributed by atoms with Crippen molar-refractivity contribution in [3.8, 4) is 67.5 Å². The zero-order chi connectivity index (χ0) is 29.0. The van der Waals surface area contributed by atoms with Gasteiger partial charge in [-0.2, -0.15) is 0 Å². The SMILES string of the molecule is Nc1c(-c2ccc(-c3nc(-c4ccccc4)nc(-c4ccccc4)n3)cc2)cccc1-c1ccccc1-c1ccccc1. The van der Waals surface area contributed by atoms with Crippen molar-refractivity contribution in [3.63, 3.8) is 0 Å². The highest BCUT2D eigenvalue weighted by atomic mass is 15.0. The zero-order valence-electron chi connectivity index (χ0n) is 23.4. The second-order valence-corrected chi connectivity index (χ2v) is 10.3. The van der Waals surface area contributed by atoms with E-state index in [2.05, 4.69) is 91.0 Å². The van der Waals surface area contributed by atoms with Gasteiger partial charge in [0, 0.05) is 33.5 Å². The molecule has 0 amide bonds. The summed E-state index contributed by atoms with van der Waals surface area (Å²) in [4.78, 5) is 14.5. The molecule has 7 aromatic rings. The summed E-state index contributed by atoms with van der Waals surface area (Å²) in [5, 5.41) is 0. The van der Waals surface area contributed by atoms with Crippen LogP contribution in [0.1, 0.15) is 0 Å². The maximum absolute atomic E-state index is 6.88. The normalized spacial score (nSPS) is 10.9. The lowest BCUT2D eigenvalue weighted by atomic mass is 9.91. The van der Waals surface area contributed by atoms with E-state index in [0.717, 1.165) is 55.8 Å². The number of aromatic nitrogens is 3. The first-order valence-electron chi connectivity index (χ1n) is 14.3. The van der Waals surface area contributed by atoms with Gasteiger partial charge in [0.2, 0.25) is 0 Å². The van der Waals surface area contributed by atoms with Crippen LogP contribution < -0.4 is 5.73 Å². The molecule has 0 bridgehead atoms. The Balaban J connectivity index is 1.27. The lowest BCUT2D eigenvalue weighted by Crippen LogP contribution is -2.00. The van der Waals surface area contributed by atoms with Crippen LogP contribution in [0, 0.1) is 0 Å². The summed E-state index contributed by atoms with van der Waals surface area (Å²) >= 11 is 0. The molecule has 43 heavy (non-hydrogen) atoms. The third-order valence-corrected chi connectivity index (χ3v) is 7.56. The topological polar surface area (TPSA) is 64.7 Å². The highest BCUT2D eigenvalue weighted by molar-refractivity contribution is 5.94. The molecule has 0 radical (unpaired) electrons. The molecule has 0 saturated carbocycles. The Hall–Kier alpha value is -5.87. The van der Waals surface area contributed by atoms with Crippen LogP contribution in [0.15, 0.2) is 158 Å². The fourth-order valence-corrected chi connectivity index (χ4v) is 5.38. The second-order valence-electron chi connectivity index (χ2n) is 10.3. The van der Waals surface area contributed by atoms with Gasteiger partial charge in [-0.3, -0.25) is 0 Å². The third kappa shape index (κ3) is 5.30. The molecule has 1 aromatic heterocycles. The van der Waals surface area contributed by atoms with Crippen molar-refractivity contribution in [2.24, 2.45) is 0 Å². The molecular weight excluding hydrogens is 524 g/mol. The number of benzene rings is 6. The summed E-state index contributed by atoms with van der Waals surface area (Å²) in [5.74, 6) is 1.91. The first-order chi connectivity index (χ1) is 21.2. The molecule has 2 N–H and O–H groups in total. The average molecular weight is 553 g/mol. The fraction of sp³-hybridized carbons (Fsp3) is 0. The van der Waals surface area contributed by atoms with Gasteiger partial charge >= 0.3 is 0 Å². The average Bonchev–Trinajstić information content (AvgIpc) is 3.09. The Morgan fingerprint density at radius 3 is 1.16 bits per heavy atom. The molecule has 1 heterocycles. The van der Waals surface area contributed by atoms with Gasteiger partial charge in [-0.15, -0.1) is 0 Å². The molecule has 0 atom stereocenters. The van der Waals surface area contributed by atoms with E-state index >= 15 is 0 Å². The molecule has 6 aromatic carbocycles. The Morgan fingerprint density at radius 2 is 0.628 bits per heavy atom. The van der Waals surface area contributed by atoms with E-state index in [4.69, 9.17) is 20.7 Å². The van der Waals surface area contributed by atoms with E-state index in [1.54, 1.807) is 0 Å². The Bertz CT molecular complexity index is 1950. The zero-order valence-corrected chi connectivity index (χ0v) is 23.4. The van der Waals surface area contributed by atoms with Crippen LogP contribution >= 0.6 is 0 Å². The number of nitrogen functional groups attached to an aromatic ring is 1. The van der Waals surface area contributed by atoms with E-state index in [-0.39, 0.29) is 0 Å². The smallest absolute Gasteiger partial charge is 0.164 e. The number of hydrogen-bond acceptors (Lipinski definition) is 4. The maximum Gasteiger partial charge on any atom is 0.164 e. The number of anilines is 1. The number of rotatable bonds is 6. The summed E-state index contributed by atoms with van der Waals surface area (Å²) in [6.07, 6.45) is 0. The predicted molar refractivity (Wildman–Crippen MR) is 177 cm³/mol. The highest BCUT2D eigenvalue weighted by Gasteiger charge is 2.15. The predicted octanol–water partition coefficient (Wildman–Crippen LogP) is 9.46. The van der Waals surface area contributed by atoms with E-state index in [9.17, 15) is 0 Å². The van der Waals surface area contributed by atoms with Crippen molar-refractivity contribution in [3.05, 3.63) is 158 Å². The molecule has 0 unspecified atom stereocenters. The van der Waals surface area contributed by atoms with Gasteiger partial charge in [0.05, 0.1) is 0 Å². The monoisotopic (exact) mass is 552 g/mol. The van der Waals surface area contributed by atoms with Crippen LogP contribution in [0.2, 0.25) is 0 Å². The van der Waals surface area contributed by atoms with E-state index in [0.29, 0.717) is 17.5 Å². The van der Waals surface area contributed by atoms with E-state index < -0.39 is 0 Å². The van der Waals surface area contributed by atoms with Crippen LogP contribution in [0.4, 0.5) is 5.69 Å². The molecule has 0 aliphatic carbocycles. The quantitative estimate of drug-likeness (QED) is 0.209. The molecule has 0 fully saturated rings.